The highest BCUT2D eigenvalue weighted by atomic mass is 28.5. The van der Waals surface area contributed by atoms with Crippen LogP contribution < -0.4 is 5.32 Å². The SMILES string of the molecule is CCCOCCOC[Si](C)(O[Si](C)(C)COCCOCC(C)OCC(C)OCC(C)OC(C)=O)O[Si](C)(COCCOCCC)O[Si](C)(CCCNC(=O)F)OC. The van der Waals surface area contributed by atoms with Crippen molar-refractivity contribution in [3.05, 3.63) is 0 Å². The van der Waals surface area contributed by atoms with Crippen LogP contribution in [-0.4, -0.2) is 169 Å². The van der Waals surface area contributed by atoms with Crippen LogP contribution in [0.3, 0.4) is 0 Å². The summed E-state index contributed by atoms with van der Waals surface area (Å²) in [5.74, 6) is -0.338. The minimum Gasteiger partial charge on any atom is -0.460 e. The van der Waals surface area contributed by atoms with E-state index in [-0.39, 0.29) is 43.3 Å². The van der Waals surface area contributed by atoms with Crippen LogP contribution in [0, 0.1) is 0 Å². The van der Waals surface area contributed by atoms with E-state index in [4.69, 9.17) is 59.4 Å². The normalized spacial score (nSPS) is 16.9. The van der Waals surface area contributed by atoms with E-state index in [0.29, 0.717) is 91.4 Å². The molecule has 0 heterocycles. The predicted molar refractivity (Wildman–Crippen MR) is 224 cm³/mol. The van der Waals surface area contributed by atoms with Gasteiger partial charge in [-0.15, -0.1) is 4.39 Å². The molecule has 57 heavy (non-hydrogen) atoms. The van der Waals surface area contributed by atoms with E-state index >= 15 is 0 Å². The molecule has 0 saturated carbocycles. The lowest BCUT2D eigenvalue weighted by Gasteiger charge is -2.43. The van der Waals surface area contributed by atoms with E-state index in [0.717, 1.165) is 12.8 Å². The van der Waals surface area contributed by atoms with Gasteiger partial charge in [0.2, 0.25) is 8.32 Å². The summed E-state index contributed by atoms with van der Waals surface area (Å²) in [7, 11) is -10.2. The van der Waals surface area contributed by atoms with E-state index in [1.807, 2.05) is 40.4 Å². The summed E-state index contributed by atoms with van der Waals surface area (Å²) in [6.07, 6.45) is 0.896. The monoisotopic (exact) mass is 895 g/mol. The van der Waals surface area contributed by atoms with Gasteiger partial charge in [-0.3, -0.25) is 4.79 Å². The number of ether oxygens (including phenoxy) is 9. The topological polar surface area (TPSA) is 166 Å². The van der Waals surface area contributed by atoms with E-state index < -0.39 is 40.2 Å². The first-order valence-corrected chi connectivity index (χ1v) is 31.0. The highest BCUT2D eigenvalue weighted by molar-refractivity contribution is 6.89. The molecule has 0 saturated heterocycles. The molecule has 340 valence electrons. The van der Waals surface area contributed by atoms with E-state index in [9.17, 15) is 14.0 Å². The van der Waals surface area contributed by atoms with Crippen molar-refractivity contribution in [1.29, 1.82) is 0 Å². The molecule has 0 spiro atoms. The molecule has 0 bridgehead atoms. The van der Waals surface area contributed by atoms with Gasteiger partial charge in [-0.1, -0.05) is 13.8 Å². The van der Waals surface area contributed by atoms with Gasteiger partial charge in [0, 0.05) is 33.8 Å². The number of carbonyl (C=O) groups excluding carboxylic acids is 2. The lowest BCUT2D eigenvalue weighted by Crippen LogP contribution is -2.64. The summed E-state index contributed by atoms with van der Waals surface area (Å²) < 4.78 is 91.7. The third kappa shape index (κ3) is 31.8. The first-order chi connectivity index (χ1) is 26.8. The Morgan fingerprint density at radius 2 is 1.05 bits per heavy atom. The van der Waals surface area contributed by atoms with Crippen LogP contribution in [0.1, 0.15) is 60.8 Å². The van der Waals surface area contributed by atoms with Gasteiger partial charge in [0.15, 0.2) is 0 Å². The second kappa shape index (κ2) is 32.0. The van der Waals surface area contributed by atoms with Crippen molar-refractivity contribution in [3.8, 4) is 0 Å². The Bertz CT molecular complexity index is 1050. The Labute approximate surface area is 346 Å². The molecule has 0 aliphatic carbocycles. The van der Waals surface area contributed by atoms with Gasteiger partial charge in [0.25, 0.3) is 0 Å². The largest absolute Gasteiger partial charge is 0.460 e. The summed E-state index contributed by atoms with van der Waals surface area (Å²) >= 11 is 0. The molecule has 1 amide bonds. The Kier molecular flexibility index (Phi) is 31.6. The zero-order valence-electron chi connectivity index (χ0n) is 37.2. The van der Waals surface area contributed by atoms with Crippen molar-refractivity contribution in [2.75, 3.05) is 105 Å². The number of carbonyl (C=O) groups is 2. The summed E-state index contributed by atoms with van der Waals surface area (Å²) in [6.45, 7) is 26.0. The number of halogens is 1. The molecule has 6 atom stereocenters. The van der Waals surface area contributed by atoms with Crippen molar-refractivity contribution in [2.24, 2.45) is 0 Å². The fourth-order valence-electron chi connectivity index (χ4n) is 5.42. The van der Waals surface area contributed by atoms with E-state index in [1.54, 1.807) is 14.0 Å². The number of amides is 1. The summed E-state index contributed by atoms with van der Waals surface area (Å²) in [6, 6.07) is 0.493. The van der Waals surface area contributed by atoms with Crippen molar-refractivity contribution >= 4 is 46.1 Å². The van der Waals surface area contributed by atoms with Crippen molar-refractivity contribution in [1.82, 2.24) is 5.32 Å². The maximum Gasteiger partial charge on any atom is 0.397 e. The third-order valence-electron chi connectivity index (χ3n) is 7.80. The Morgan fingerprint density at radius 1 is 0.596 bits per heavy atom. The molecule has 0 fully saturated rings. The van der Waals surface area contributed by atoms with Crippen LogP contribution in [0.2, 0.25) is 38.8 Å². The van der Waals surface area contributed by atoms with Gasteiger partial charge in [-0.25, -0.2) is 4.79 Å². The molecule has 0 aromatic heterocycles. The minimum atomic E-state index is -3.22. The first-order valence-electron chi connectivity index (χ1n) is 20.3. The fraction of sp³-hybridized carbons (Fsp3) is 0.944. The van der Waals surface area contributed by atoms with Gasteiger partial charge >= 0.3 is 37.8 Å². The molecular weight excluding hydrogens is 818 g/mol. The van der Waals surface area contributed by atoms with Crippen molar-refractivity contribution in [3.63, 3.8) is 0 Å². The summed E-state index contributed by atoms with van der Waals surface area (Å²) in [4.78, 5) is 21.9. The van der Waals surface area contributed by atoms with Gasteiger partial charge in [-0.2, -0.15) is 0 Å². The molecule has 0 aliphatic heterocycles. The van der Waals surface area contributed by atoms with Crippen LogP contribution >= 0.6 is 0 Å². The molecule has 16 nitrogen and oxygen atoms in total. The van der Waals surface area contributed by atoms with E-state index in [1.165, 1.54) is 6.92 Å². The molecule has 1 N–H and O–H groups in total. The Balaban J connectivity index is 5.51. The van der Waals surface area contributed by atoms with Crippen LogP contribution in [0.15, 0.2) is 0 Å². The quantitative estimate of drug-likeness (QED) is 0.0271. The predicted octanol–water partition coefficient (Wildman–Crippen LogP) is 5.47. The number of hydrogen-bond donors (Lipinski definition) is 1. The van der Waals surface area contributed by atoms with Gasteiger partial charge in [0.1, 0.15) is 6.10 Å². The second-order valence-corrected chi connectivity index (χ2v) is 29.7. The highest BCUT2D eigenvalue weighted by Gasteiger charge is 2.50. The molecule has 0 aliphatic rings. The Hall–Kier alpha value is -0.742. The summed E-state index contributed by atoms with van der Waals surface area (Å²) in [5.41, 5.74) is 0. The molecule has 21 heteroatoms. The van der Waals surface area contributed by atoms with Crippen LogP contribution in [0.25, 0.3) is 0 Å². The zero-order valence-corrected chi connectivity index (χ0v) is 41.2. The molecule has 0 rings (SSSR count). The molecule has 0 radical (unpaired) electrons. The van der Waals surface area contributed by atoms with Gasteiger partial charge in [-0.05, 0) is 78.8 Å². The van der Waals surface area contributed by atoms with Crippen LogP contribution in [0.5, 0.6) is 0 Å². The van der Waals surface area contributed by atoms with Crippen molar-refractivity contribution in [2.45, 2.75) is 118 Å². The maximum absolute atomic E-state index is 12.8. The molecule has 6 unspecified atom stereocenters. The zero-order chi connectivity index (χ0) is 43.2. The average molecular weight is 896 g/mol. The maximum atomic E-state index is 12.8. The molecule has 0 aromatic rings. The highest BCUT2D eigenvalue weighted by Crippen LogP contribution is 2.27. The number of rotatable bonds is 39. The molecule has 0 aromatic carbocycles. The number of hydrogen-bond acceptors (Lipinski definition) is 15. The fourth-order valence-corrected chi connectivity index (χ4v) is 23.1. The summed E-state index contributed by atoms with van der Waals surface area (Å²) in [5, 5.41) is 2.19. The van der Waals surface area contributed by atoms with Gasteiger partial charge in [0.05, 0.1) is 90.4 Å². The van der Waals surface area contributed by atoms with Crippen LogP contribution in [-0.2, 0) is 64.2 Å². The van der Waals surface area contributed by atoms with E-state index in [2.05, 4.69) is 25.3 Å². The van der Waals surface area contributed by atoms with Gasteiger partial charge < -0.3 is 64.7 Å². The third-order valence-corrected chi connectivity index (χ3v) is 23.1. The smallest absolute Gasteiger partial charge is 0.397 e. The Morgan fingerprint density at radius 3 is 1.56 bits per heavy atom. The standard InChI is InChI=1S/C36H78FNO15Si4/c1-13-17-42-19-22-46-30-56(11,53-57(12,31-47-23-20-43-18-14-2)52-55(10,41-7)25-15-16-38-36(37)40)51-54(8,9)29-45-24-21-44-26-32(3)48-27-33(4)49-28-34(5)50-35(6)39/h32-34H,13-31H2,1-12H3,(H,38,40). The first kappa shape index (κ1) is 56.3. The second-order valence-electron chi connectivity index (χ2n) is 15.1. The minimum absolute atomic E-state index is 0.153. The van der Waals surface area contributed by atoms with Crippen LogP contribution in [0.4, 0.5) is 9.18 Å². The number of nitrogens with one attached hydrogen (secondary N) is 1. The van der Waals surface area contributed by atoms with Crippen molar-refractivity contribution < 1.29 is 73.4 Å². The molecular formula is C36H78FNO15Si4. The lowest BCUT2D eigenvalue weighted by atomic mass is 10.4. The average Bonchev–Trinajstić information content (AvgIpc) is 3.12. The lowest BCUT2D eigenvalue weighted by molar-refractivity contribution is -0.150. The number of esters is 1.